The molecule has 0 aliphatic carbocycles. The third-order valence-corrected chi connectivity index (χ3v) is 2.52. The lowest BCUT2D eigenvalue weighted by molar-refractivity contribution is -0.0520. The summed E-state index contributed by atoms with van der Waals surface area (Å²) >= 11 is 10.4. The van der Waals surface area contributed by atoms with Gasteiger partial charge in [-0.3, -0.25) is 0 Å². The van der Waals surface area contributed by atoms with Gasteiger partial charge in [-0.15, -0.1) is 0 Å². The van der Waals surface area contributed by atoms with E-state index in [4.69, 9.17) is 27.6 Å². The summed E-state index contributed by atoms with van der Waals surface area (Å²) in [6.07, 6.45) is -2.18. The third kappa shape index (κ3) is 2.14. The Kier molecular flexibility index (Phi) is 2.82. The number of aliphatic hydroxyl groups is 1. The maximum atomic E-state index is 12.6. The first-order chi connectivity index (χ1) is 7.38. The SMILES string of the molecule is OC(c1cc2cc(Cl)ccc2o1)C(F)(F)Cl. The quantitative estimate of drug-likeness (QED) is 0.835. The predicted molar refractivity (Wildman–Crippen MR) is 57.0 cm³/mol. The number of benzene rings is 1. The Balaban J connectivity index is 2.47. The molecule has 0 aliphatic heterocycles. The molecule has 1 N–H and O–H groups in total. The standard InChI is InChI=1S/C10H6Cl2F2O2/c11-6-1-2-7-5(3-6)4-8(16-7)9(15)10(12,13)14/h1-4,9,15H. The second-order valence-electron chi connectivity index (χ2n) is 3.28. The average molecular weight is 267 g/mol. The van der Waals surface area contributed by atoms with Crippen LogP contribution >= 0.6 is 23.2 Å². The minimum absolute atomic E-state index is 0.294. The van der Waals surface area contributed by atoms with Crippen molar-refractivity contribution < 1.29 is 18.3 Å². The Labute approximate surface area is 99.4 Å². The summed E-state index contributed by atoms with van der Waals surface area (Å²) in [7, 11) is 0. The number of rotatable bonds is 2. The van der Waals surface area contributed by atoms with E-state index in [1.165, 1.54) is 12.1 Å². The van der Waals surface area contributed by atoms with Crippen LogP contribution in [-0.4, -0.2) is 10.5 Å². The van der Waals surface area contributed by atoms with Crippen LogP contribution in [0.3, 0.4) is 0 Å². The van der Waals surface area contributed by atoms with E-state index in [9.17, 15) is 13.9 Å². The Bertz CT molecular complexity index is 519. The normalized spacial score (nSPS) is 14.3. The molecule has 2 aromatic rings. The lowest BCUT2D eigenvalue weighted by Crippen LogP contribution is -2.18. The molecule has 0 aliphatic rings. The number of aliphatic hydroxyl groups excluding tert-OH is 1. The van der Waals surface area contributed by atoms with Crippen LogP contribution in [0.1, 0.15) is 11.9 Å². The zero-order valence-electron chi connectivity index (χ0n) is 7.75. The van der Waals surface area contributed by atoms with Crippen LogP contribution in [0.2, 0.25) is 5.02 Å². The van der Waals surface area contributed by atoms with Gasteiger partial charge in [0.05, 0.1) is 0 Å². The molecule has 1 aromatic heterocycles. The highest BCUT2D eigenvalue weighted by Gasteiger charge is 2.39. The third-order valence-electron chi connectivity index (χ3n) is 2.08. The monoisotopic (exact) mass is 266 g/mol. The summed E-state index contributed by atoms with van der Waals surface area (Å²) in [5.41, 5.74) is 0.361. The van der Waals surface area contributed by atoms with Crippen molar-refractivity contribution in [2.75, 3.05) is 0 Å². The predicted octanol–water partition coefficient (Wildman–Crippen LogP) is 3.95. The van der Waals surface area contributed by atoms with Gasteiger partial charge in [0.1, 0.15) is 11.3 Å². The van der Waals surface area contributed by atoms with E-state index < -0.39 is 11.5 Å². The first-order valence-corrected chi connectivity index (χ1v) is 5.07. The molecule has 16 heavy (non-hydrogen) atoms. The number of hydrogen-bond donors (Lipinski definition) is 1. The fourth-order valence-electron chi connectivity index (χ4n) is 1.33. The zero-order valence-corrected chi connectivity index (χ0v) is 9.27. The van der Waals surface area contributed by atoms with Crippen LogP contribution in [-0.2, 0) is 0 Å². The highest BCUT2D eigenvalue weighted by atomic mass is 35.5. The molecule has 6 heteroatoms. The number of furan rings is 1. The smallest absolute Gasteiger partial charge is 0.354 e. The number of halogens is 4. The molecular formula is C10H6Cl2F2O2. The van der Waals surface area contributed by atoms with Crippen molar-refractivity contribution >= 4 is 34.2 Å². The lowest BCUT2D eigenvalue weighted by atomic mass is 10.2. The fourth-order valence-corrected chi connectivity index (χ4v) is 1.62. The van der Waals surface area contributed by atoms with Crippen LogP contribution in [0.5, 0.6) is 0 Å². The summed E-state index contributed by atoms with van der Waals surface area (Å²) in [6.45, 7) is 0. The van der Waals surface area contributed by atoms with E-state index in [0.29, 0.717) is 16.0 Å². The Morgan fingerprint density at radius 1 is 1.31 bits per heavy atom. The van der Waals surface area contributed by atoms with Gasteiger partial charge < -0.3 is 9.52 Å². The van der Waals surface area contributed by atoms with Crippen LogP contribution in [0.4, 0.5) is 8.78 Å². The van der Waals surface area contributed by atoms with Crippen molar-refractivity contribution in [3.63, 3.8) is 0 Å². The second-order valence-corrected chi connectivity index (χ2v) is 4.22. The number of alkyl halides is 3. The first kappa shape index (κ1) is 11.6. The summed E-state index contributed by atoms with van der Waals surface area (Å²) in [5, 5.41) is 6.43. The van der Waals surface area contributed by atoms with Crippen molar-refractivity contribution in [3.05, 3.63) is 35.0 Å². The molecule has 0 saturated heterocycles. The maximum Gasteiger partial charge on any atom is 0.354 e. The maximum absolute atomic E-state index is 12.6. The van der Waals surface area contributed by atoms with Crippen LogP contribution in [0.25, 0.3) is 11.0 Å². The van der Waals surface area contributed by atoms with Crippen LogP contribution in [0.15, 0.2) is 28.7 Å². The van der Waals surface area contributed by atoms with Gasteiger partial charge in [0.2, 0.25) is 0 Å². The Hall–Kier alpha value is -0.840. The van der Waals surface area contributed by atoms with E-state index in [1.807, 2.05) is 0 Å². The molecule has 1 atom stereocenters. The Morgan fingerprint density at radius 2 is 2.00 bits per heavy atom. The second kappa shape index (κ2) is 3.87. The highest BCUT2D eigenvalue weighted by Crippen LogP contribution is 2.37. The zero-order chi connectivity index (χ0) is 11.9. The van der Waals surface area contributed by atoms with Crippen molar-refractivity contribution in [1.29, 1.82) is 0 Å². The van der Waals surface area contributed by atoms with Crippen molar-refractivity contribution in [3.8, 4) is 0 Å². The van der Waals surface area contributed by atoms with Gasteiger partial charge in [-0.2, -0.15) is 8.78 Å². The molecule has 0 amide bonds. The van der Waals surface area contributed by atoms with Crippen molar-refractivity contribution in [1.82, 2.24) is 0 Å². The minimum Gasteiger partial charge on any atom is -0.458 e. The van der Waals surface area contributed by atoms with Gasteiger partial charge in [0.25, 0.3) is 0 Å². The number of fused-ring (bicyclic) bond motifs is 1. The van der Waals surface area contributed by atoms with E-state index in [0.717, 1.165) is 0 Å². The molecule has 0 spiro atoms. The summed E-state index contributed by atoms with van der Waals surface area (Å²) in [5.74, 6) is -0.294. The van der Waals surface area contributed by atoms with Gasteiger partial charge in [0.15, 0.2) is 6.10 Å². The highest BCUT2D eigenvalue weighted by molar-refractivity contribution is 6.31. The van der Waals surface area contributed by atoms with E-state index in [2.05, 4.69) is 0 Å². The Morgan fingerprint density at radius 3 is 2.62 bits per heavy atom. The van der Waals surface area contributed by atoms with E-state index in [1.54, 1.807) is 12.1 Å². The molecule has 1 aromatic carbocycles. The van der Waals surface area contributed by atoms with Gasteiger partial charge in [-0.05, 0) is 35.9 Å². The van der Waals surface area contributed by atoms with Crippen molar-refractivity contribution in [2.45, 2.75) is 11.5 Å². The fraction of sp³-hybridized carbons (Fsp3) is 0.200. The van der Waals surface area contributed by atoms with Gasteiger partial charge in [0, 0.05) is 10.4 Å². The van der Waals surface area contributed by atoms with E-state index >= 15 is 0 Å². The molecule has 0 saturated carbocycles. The topological polar surface area (TPSA) is 33.4 Å². The molecular weight excluding hydrogens is 261 g/mol. The summed E-state index contributed by atoms with van der Waals surface area (Å²) in [4.78, 5) is 0. The van der Waals surface area contributed by atoms with Gasteiger partial charge >= 0.3 is 5.38 Å². The summed E-state index contributed by atoms with van der Waals surface area (Å²) in [6, 6.07) is 5.91. The molecule has 0 bridgehead atoms. The minimum atomic E-state index is -3.77. The molecule has 2 nitrogen and oxygen atoms in total. The molecule has 1 unspecified atom stereocenters. The van der Waals surface area contributed by atoms with E-state index in [-0.39, 0.29) is 5.76 Å². The molecule has 1 heterocycles. The molecule has 0 radical (unpaired) electrons. The van der Waals surface area contributed by atoms with Crippen molar-refractivity contribution in [2.24, 2.45) is 0 Å². The number of hydrogen-bond acceptors (Lipinski definition) is 2. The molecule has 2 rings (SSSR count). The average Bonchev–Trinajstić information content (AvgIpc) is 2.57. The molecule has 86 valence electrons. The first-order valence-electron chi connectivity index (χ1n) is 4.32. The van der Waals surface area contributed by atoms with Gasteiger partial charge in [-0.25, -0.2) is 0 Å². The lowest BCUT2D eigenvalue weighted by Gasteiger charge is -2.12. The molecule has 0 fully saturated rings. The largest absolute Gasteiger partial charge is 0.458 e. The van der Waals surface area contributed by atoms with Crippen LogP contribution in [0, 0.1) is 0 Å². The summed E-state index contributed by atoms with van der Waals surface area (Å²) < 4.78 is 30.3. The van der Waals surface area contributed by atoms with Gasteiger partial charge in [-0.1, -0.05) is 11.6 Å². The van der Waals surface area contributed by atoms with Crippen LogP contribution < -0.4 is 0 Å².